The van der Waals surface area contributed by atoms with E-state index in [1.54, 1.807) is 6.20 Å². The predicted octanol–water partition coefficient (Wildman–Crippen LogP) is 1.22. The van der Waals surface area contributed by atoms with Gasteiger partial charge in [0.15, 0.2) is 0 Å². The first-order chi connectivity index (χ1) is 6.70. The Morgan fingerprint density at radius 1 is 1.57 bits per heavy atom. The van der Waals surface area contributed by atoms with Gasteiger partial charge in [0.25, 0.3) is 0 Å². The molecule has 80 valence electrons. The lowest BCUT2D eigenvalue weighted by Gasteiger charge is -2.12. The van der Waals surface area contributed by atoms with Gasteiger partial charge in [-0.15, -0.1) is 0 Å². The summed E-state index contributed by atoms with van der Waals surface area (Å²) >= 11 is 0. The molecule has 0 saturated heterocycles. The maximum absolute atomic E-state index is 9.06. The summed E-state index contributed by atoms with van der Waals surface area (Å²) in [4.78, 5) is 0. The van der Waals surface area contributed by atoms with E-state index in [0.29, 0.717) is 6.04 Å². The Bertz CT molecular complexity index is 234. The van der Waals surface area contributed by atoms with Crippen molar-refractivity contribution in [1.82, 2.24) is 15.5 Å². The molecule has 0 spiro atoms. The Hall–Kier alpha value is -0.870. The van der Waals surface area contributed by atoms with E-state index in [2.05, 4.69) is 22.4 Å². The molecule has 4 nitrogen and oxygen atoms in total. The van der Waals surface area contributed by atoms with Crippen LogP contribution in [-0.4, -0.2) is 28.0 Å². The minimum Gasteiger partial charge on any atom is -0.393 e. The number of aromatic amines is 1. The highest BCUT2D eigenvalue weighted by Gasteiger charge is 2.04. The molecule has 1 aromatic heterocycles. The van der Waals surface area contributed by atoms with Gasteiger partial charge in [-0.05, 0) is 39.3 Å². The Balaban J connectivity index is 2.13. The molecule has 2 unspecified atom stereocenters. The SMILES string of the molecule is CC(O)CCCNC(C)c1ccn[nH]1. The first-order valence-corrected chi connectivity index (χ1v) is 5.11. The highest BCUT2D eigenvalue weighted by molar-refractivity contribution is 5.02. The van der Waals surface area contributed by atoms with Crippen LogP contribution in [0.4, 0.5) is 0 Å². The second-order valence-electron chi connectivity index (χ2n) is 3.68. The van der Waals surface area contributed by atoms with Gasteiger partial charge in [-0.2, -0.15) is 5.10 Å². The maximum atomic E-state index is 9.06. The molecule has 1 aromatic rings. The van der Waals surface area contributed by atoms with Crippen molar-refractivity contribution in [3.63, 3.8) is 0 Å². The van der Waals surface area contributed by atoms with E-state index in [9.17, 15) is 0 Å². The number of nitrogens with one attached hydrogen (secondary N) is 2. The summed E-state index contributed by atoms with van der Waals surface area (Å²) in [5.74, 6) is 0. The molecule has 14 heavy (non-hydrogen) atoms. The number of hydrogen-bond donors (Lipinski definition) is 3. The smallest absolute Gasteiger partial charge is 0.0518 e. The lowest BCUT2D eigenvalue weighted by atomic mass is 10.2. The molecular formula is C10H19N3O. The fourth-order valence-corrected chi connectivity index (χ4v) is 1.33. The summed E-state index contributed by atoms with van der Waals surface area (Å²) in [6, 6.07) is 2.26. The molecular weight excluding hydrogens is 178 g/mol. The average Bonchev–Trinajstić information content (AvgIpc) is 2.64. The summed E-state index contributed by atoms with van der Waals surface area (Å²) in [5, 5.41) is 19.2. The maximum Gasteiger partial charge on any atom is 0.0518 e. The number of aliphatic hydroxyl groups is 1. The van der Waals surface area contributed by atoms with E-state index in [0.717, 1.165) is 25.1 Å². The lowest BCUT2D eigenvalue weighted by molar-refractivity contribution is 0.181. The standard InChI is InChI=1S/C10H19N3O/c1-8(14)4-3-6-11-9(2)10-5-7-12-13-10/h5,7-9,11,14H,3-4,6H2,1-2H3,(H,12,13). The van der Waals surface area contributed by atoms with Gasteiger partial charge in [0.2, 0.25) is 0 Å². The van der Waals surface area contributed by atoms with Gasteiger partial charge in [-0.25, -0.2) is 0 Å². The molecule has 0 saturated carbocycles. The van der Waals surface area contributed by atoms with E-state index in [1.807, 2.05) is 13.0 Å². The van der Waals surface area contributed by atoms with Crippen molar-refractivity contribution in [1.29, 1.82) is 0 Å². The molecule has 0 fully saturated rings. The highest BCUT2D eigenvalue weighted by Crippen LogP contribution is 2.07. The monoisotopic (exact) mass is 197 g/mol. The molecule has 0 radical (unpaired) electrons. The zero-order valence-electron chi connectivity index (χ0n) is 8.83. The van der Waals surface area contributed by atoms with Crippen molar-refractivity contribution in [2.75, 3.05) is 6.54 Å². The molecule has 1 heterocycles. The number of nitrogens with zero attached hydrogens (tertiary/aromatic N) is 1. The topological polar surface area (TPSA) is 60.9 Å². The van der Waals surface area contributed by atoms with Crippen LogP contribution in [0, 0.1) is 0 Å². The van der Waals surface area contributed by atoms with Crippen LogP contribution >= 0.6 is 0 Å². The van der Waals surface area contributed by atoms with Crippen LogP contribution in [-0.2, 0) is 0 Å². The van der Waals surface area contributed by atoms with E-state index < -0.39 is 0 Å². The minimum atomic E-state index is -0.195. The number of aliphatic hydroxyl groups excluding tert-OH is 1. The summed E-state index contributed by atoms with van der Waals surface area (Å²) in [7, 11) is 0. The molecule has 1 rings (SSSR count). The van der Waals surface area contributed by atoms with Crippen LogP contribution in [0.1, 0.15) is 38.4 Å². The number of rotatable bonds is 6. The van der Waals surface area contributed by atoms with E-state index >= 15 is 0 Å². The van der Waals surface area contributed by atoms with Crippen molar-refractivity contribution >= 4 is 0 Å². The molecule has 0 aliphatic rings. The molecule has 0 aliphatic carbocycles. The van der Waals surface area contributed by atoms with E-state index in [-0.39, 0.29) is 6.10 Å². The Kier molecular flexibility index (Phi) is 4.62. The van der Waals surface area contributed by atoms with Gasteiger partial charge in [0, 0.05) is 12.2 Å². The fourth-order valence-electron chi connectivity index (χ4n) is 1.33. The highest BCUT2D eigenvalue weighted by atomic mass is 16.3. The zero-order chi connectivity index (χ0) is 10.4. The first-order valence-electron chi connectivity index (χ1n) is 5.11. The van der Waals surface area contributed by atoms with Gasteiger partial charge in [-0.1, -0.05) is 0 Å². The molecule has 0 aromatic carbocycles. The molecule has 3 N–H and O–H groups in total. The van der Waals surface area contributed by atoms with Crippen LogP contribution in [0.3, 0.4) is 0 Å². The second kappa shape index (κ2) is 5.78. The Morgan fingerprint density at radius 2 is 2.36 bits per heavy atom. The van der Waals surface area contributed by atoms with Crippen molar-refractivity contribution < 1.29 is 5.11 Å². The van der Waals surface area contributed by atoms with Gasteiger partial charge in [-0.3, -0.25) is 5.10 Å². The summed E-state index contributed by atoms with van der Waals surface area (Å²) in [5.41, 5.74) is 1.10. The molecule has 4 heteroatoms. The third-order valence-corrected chi connectivity index (χ3v) is 2.24. The Morgan fingerprint density at radius 3 is 2.93 bits per heavy atom. The zero-order valence-corrected chi connectivity index (χ0v) is 8.83. The van der Waals surface area contributed by atoms with Crippen LogP contribution in [0.2, 0.25) is 0 Å². The van der Waals surface area contributed by atoms with Crippen molar-refractivity contribution in [3.8, 4) is 0 Å². The normalized spacial score (nSPS) is 15.4. The van der Waals surface area contributed by atoms with Crippen LogP contribution in [0.15, 0.2) is 12.3 Å². The van der Waals surface area contributed by atoms with Crippen molar-refractivity contribution in [2.24, 2.45) is 0 Å². The predicted molar refractivity (Wildman–Crippen MR) is 55.9 cm³/mol. The Labute approximate surface area is 84.7 Å². The van der Waals surface area contributed by atoms with E-state index in [1.165, 1.54) is 0 Å². The lowest BCUT2D eigenvalue weighted by Crippen LogP contribution is -2.21. The quantitative estimate of drug-likeness (QED) is 0.601. The van der Waals surface area contributed by atoms with Crippen LogP contribution in [0.5, 0.6) is 0 Å². The molecule has 0 bridgehead atoms. The second-order valence-corrected chi connectivity index (χ2v) is 3.68. The largest absolute Gasteiger partial charge is 0.393 e. The van der Waals surface area contributed by atoms with Crippen molar-refractivity contribution in [3.05, 3.63) is 18.0 Å². The summed E-state index contributed by atoms with van der Waals surface area (Å²) in [6.07, 6.45) is 3.40. The number of H-pyrrole nitrogens is 1. The van der Waals surface area contributed by atoms with Crippen LogP contribution < -0.4 is 5.32 Å². The van der Waals surface area contributed by atoms with Crippen LogP contribution in [0.25, 0.3) is 0 Å². The van der Waals surface area contributed by atoms with Gasteiger partial charge < -0.3 is 10.4 Å². The number of hydrogen-bond acceptors (Lipinski definition) is 3. The molecule has 0 amide bonds. The summed E-state index contributed by atoms with van der Waals surface area (Å²) < 4.78 is 0. The van der Waals surface area contributed by atoms with Gasteiger partial charge in [0.1, 0.15) is 0 Å². The van der Waals surface area contributed by atoms with Gasteiger partial charge >= 0.3 is 0 Å². The minimum absolute atomic E-state index is 0.195. The molecule has 0 aliphatic heterocycles. The number of aromatic nitrogens is 2. The third kappa shape index (κ3) is 3.89. The third-order valence-electron chi connectivity index (χ3n) is 2.24. The van der Waals surface area contributed by atoms with Gasteiger partial charge in [0.05, 0.1) is 11.8 Å². The molecule has 2 atom stereocenters. The van der Waals surface area contributed by atoms with Crippen molar-refractivity contribution in [2.45, 2.75) is 38.8 Å². The summed E-state index contributed by atoms with van der Waals surface area (Å²) in [6.45, 7) is 4.83. The van der Waals surface area contributed by atoms with E-state index in [4.69, 9.17) is 5.11 Å². The average molecular weight is 197 g/mol. The fraction of sp³-hybridized carbons (Fsp3) is 0.700. The first kappa shape index (κ1) is 11.2.